The van der Waals surface area contributed by atoms with Crippen LogP contribution in [0.3, 0.4) is 0 Å². The lowest BCUT2D eigenvalue weighted by Gasteiger charge is -2.32. The van der Waals surface area contributed by atoms with Crippen LogP contribution in [0.15, 0.2) is 23.8 Å². The lowest BCUT2D eigenvalue weighted by atomic mass is 9.81. The Morgan fingerprint density at radius 3 is 2.43 bits per heavy atom. The summed E-state index contributed by atoms with van der Waals surface area (Å²) in [6.07, 6.45) is -0.745. The van der Waals surface area contributed by atoms with Gasteiger partial charge >= 0.3 is 5.97 Å². The van der Waals surface area contributed by atoms with Gasteiger partial charge < -0.3 is 10.5 Å². The van der Waals surface area contributed by atoms with Crippen molar-refractivity contribution in [3.05, 3.63) is 34.4 Å². The van der Waals surface area contributed by atoms with Gasteiger partial charge in [-0.2, -0.15) is 0 Å². The SMILES string of the molecule is CC(C)(C)OC(=O)CC(=C1CC(F)(F)C1)c1ccc(Cl)c(N)c1. The summed E-state index contributed by atoms with van der Waals surface area (Å²) in [5.74, 6) is -3.16. The molecule has 1 aliphatic rings. The minimum absolute atomic E-state index is 0.0657. The van der Waals surface area contributed by atoms with Gasteiger partial charge in [0.25, 0.3) is 5.92 Å². The van der Waals surface area contributed by atoms with Crippen LogP contribution >= 0.6 is 11.6 Å². The van der Waals surface area contributed by atoms with E-state index in [2.05, 4.69) is 0 Å². The number of ether oxygens (including phenoxy) is 1. The van der Waals surface area contributed by atoms with Crippen molar-refractivity contribution in [2.45, 2.75) is 51.6 Å². The minimum Gasteiger partial charge on any atom is -0.460 e. The van der Waals surface area contributed by atoms with E-state index in [1.54, 1.807) is 39.0 Å². The molecule has 1 saturated carbocycles. The van der Waals surface area contributed by atoms with Crippen molar-refractivity contribution in [1.29, 1.82) is 0 Å². The first-order valence-electron chi connectivity index (χ1n) is 7.33. The van der Waals surface area contributed by atoms with Gasteiger partial charge in [0.2, 0.25) is 0 Å². The van der Waals surface area contributed by atoms with Crippen molar-refractivity contribution in [1.82, 2.24) is 0 Å². The Labute approximate surface area is 139 Å². The fourth-order valence-corrected chi connectivity index (χ4v) is 2.59. The first kappa shape index (κ1) is 17.7. The number of halogens is 3. The van der Waals surface area contributed by atoms with Crippen molar-refractivity contribution < 1.29 is 18.3 Å². The van der Waals surface area contributed by atoms with Crippen LogP contribution in [0.2, 0.25) is 5.02 Å². The molecule has 0 unspecified atom stereocenters. The fourth-order valence-electron chi connectivity index (χ4n) is 2.47. The third-order valence-electron chi connectivity index (χ3n) is 3.46. The molecule has 1 aromatic rings. The molecule has 0 aromatic heterocycles. The Morgan fingerprint density at radius 1 is 1.35 bits per heavy atom. The maximum absolute atomic E-state index is 13.2. The van der Waals surface area contributed by atoms with Gasteiger partial charge in [-0.15, -0.1) is 0 Å². The van der Waals surface area contributed by atoms with Gasteiger partial charge in [-0.05, 0) is 44.0 Å². The molecular formula is C17H20ClF2NO2. The summed E-state index contributed by atoms with van der Waals surface area (Å²) in [7, 11) is 0. The van der Waals surface area contributed by atoms with Gasteiger partial charge in [-0.1, -0.05) is 23.2 Å². The molecule has 0 spiro atoms. The van der Waals surface area contributed by atoms with Crippen molar-refractivity contribution in [3.8, 4) is 0 Å². The smallest absolute Gasteiger partial charge is 0.310 e. The summed E-state index contributed by atoms with van der Waals surface area (Å²) in [6.45, 7) is 5.28. The molecule has 3 nitrogen and oxygen atoms in total. The molecule has 1 fully saturated rings. The molecule has 0 amide bonds. The zero-order valence-electron chi connectivity index (χ0n) is 13.4. The Hall–Kier alpha value is -1.62. The van der Waals surface area contributed by atoms with E-state index in [0.717, 1.165) is 0 Å². The number of nitrogens with two attached hydrogens (primary N) is 1. The number of allylic oxidation sites excluding steroid dienone is 1. The quantitative estimate of drug-likeness (QED) is 0.631. The highest BCUT2D eigenvalue weighted by molar-refractivity contribution is 6.33. The van der Waals surface area contributed by atoms with E-state index in [4.69, 9.17) is 22.1 Å². The van der Waals surface area contributed by atoms with Crippen molar-refractivity contribution >= 4 is 28.8 Å². The van der Waals surface area contributed by atoms with E-state index in [-0.39, 0.29) is 19.3 Å². The predicted octanol–water partition coefficient (Wildman–Crippen LogP) is 4.84. The van der Waals surface area contributed by atoms with Crippen LogP contribution in [0.25, 0.3) is 5.57 Å². The highest BCUT2D eigenvalue weighted by Crippen LogP contribution is 2.46. The number of benzene rings is 1. The third-order valence-corrected chi connectivity index (χ3v) is 3.80. The van der Waals surface area contributed by atoms with Gasteiger partial charge in [-0.25, -0.2) is 8.78 Å². The van der Waals surface area contributed by atoms with Gasteiger partial charge in [0.15, 0.2) is 0 Å². The molecule has 6 heteroatoms. The molecule has 1 aliphatic carbocycles. The second-order valence-corrected chi connectivity index (χ2v) is 7.20. The number of hydrogen-bond acceptors (Lipinski definition) is 3. The summed E-state index contributed by atoms with van der Waals surface area (Å²) < 4.78 is 31.7. The number of rotatable bonds is 3. The lowest BCUT2D eigenvalue weighted by molar-refractivity contribution is -0.153. The molecule has 0 aliphatic heterocycles. The number of alkyl halides is 2. The van der Waals surface area contributed by atoms with Crippen LogP contribution in [0.1, 0.15) is 45.6 Å². The van der Waals surface area contributed by atoms with E-state index in [9.17, 15) is 13.6 Å². The van der Waals surface area contributed by atoms with Crippen molar-refractivity contribution in [3.63, 3.8) is 0 Å². The highest BCUT2D eigenvalue weighted by atomic mass is 35.5. The molecule has 2 N–H and O–H groups in total. The summed E-state index contributed by atoms with van der Waals surface area (Å²) in [6, 6.07) is 4.88. The topological polar surface area (TPSA) is 52.3 Å². The van der Waals surface area contributed by atoms with Crippen LogP contribution in [0.4, 0.5) is 14.5 Å². The number of nitrogen functional groups attached to an aromatic ring is 1. The molecule has 0 atom stereocenters. The van der Waals surface area contributed by atoms with Crippen LogP contribution in [0, 0.1) is 0 Å². The van der Waals surface area contributed by atoms with Crippen LogP contribution < -0.4 is 5.73 Å². The fraction of sp³-hybridized carbons (Fsp3) is 0.471. The Balaban J connectivity index is 2.30. The second kappa shape index (κ2) is 6.11. The van der Waals surface area contributed by atoms with Crippen molar-refractivity contribution in [2.75, 3.05) is 5.73 Å². The van der Waals surface area contributed by atoms with E-state index in [1.165, 1.54) is 0 Å². The van der Waals surface area contributed by atoms with Crippen LogP contribution in [0.5, 0.6) is 0 Å². The molecule has 126 valence electrons. The van der Waals surface area contributed by atoms with Gasteiger partial charge in [-0.3, -0.25) is 4.79 Å². The zero-order valence-corrected chi connectivity index (χ0v) is 14.1. The monoisotopic (exact) mass is 343 g/mol. The molecule has 0 radical (unpaired) electrons. The highest BCUT2D eigenvalue weighted by Gasteiger charge is 2.43. The number of esters is 1. The maximum Gasteiger partial charge on any atom is 0.310 e. The summed E-state index contributed by atoms with van der Waals surface area (Å²) in [5.41, 5.74) is 7.24. The third kappa shape index (κ3) is 4.67. The normalized spacial score (nSPS) is 16.7. The molecular weight excluding hydrogens is 324 g/mol. The molecule has 1 aromatic carbocycles. The van der Waals surface area contributed by atoms with E-state index >= 15 is 0 Å². The molecule has 0 bridgehead atoms. The molecule has 0 saturated heterocycles. The van der Waals surface area contributed by atoms with Gasteiger partial charge in [0.05, 0.1) is 17.1 Å². The van der Waals surface area contributed by atoms with Crippen LogP contribution in [-0.2, 0) is 9.53 Å². The van der Waals surface area contributed by atoms with Gasteiger partial charge in [0, 0.05) is 12.8 Å². The van der Waals surface area contributed by atoms with Crippen molar-refractivity contribution in [2.24, 2.45) is 0 Å². The number of hydrogen-bond donors (Lipinski definition) is 1. The molecule has 0 heterocycles. The lowest BCUT2D eigenvalue weighted by Crippen LogP contribution is -2.30. The maximum atomic E-state index is 13.2. The first-order chi connectivity index (χ1) is 10.5. The average Bonchev–Trinajstić information content (AvgIpc) is 2.34. The number of carbonyl (C=O) groups excluding carboxylic acids is 1. The predicted molar refractivity (Wildman–Crippen MR) is 87.4 cm³/mol. The minimum atomic E-state index is -2.70. The average molecular weight is 344 g/mol. The molecule has 23 heavy (non-hydrogen) atoms. The summed E-state index contributed by atoms with van der Waals surface area (Å²) in [5, 5.41) is 0.384. The summed E-state index contributed by atoms with van der Waals surface area (Å²) in [4.78, 5) is 12.1. The second-order valence-electron chi connectivity index (χ2n) is 6.79. The summed E-state index contributed by atoms with van der Waals surface area (Å²) >= 11 is 5.90. The zero-order chi connectivity index (χ0) is 17.4. The Kier molecular flexibility index (Phi) is 4.71. The largest absolute Gasteiger partial charge is 0.460 e. The van der Waals surface area contributed by atoms with Crippen LogP contribution in [-0.4, -0.2) is 17.5 Å². The van der Waals surface area contributed by atoms with E-state index in [0.29, 0.717) is 27.4 Å². The Bertz CT molecular complexity index is 653. The molecule has 2 rings (SSSR count). The standard InChI is InChI=1S/C17H20ClF2NO2/c1-16(2,3)23-15(22)7-12(11-8-17(19,20)9-11)10-4-5-13(18)14(21)6-10/h4-6H,7-9,21H2,1-3H3. The first-order valence-corrected chi connectivity index (χ1v) is 7.71. The van der Waals surface area contributed by atoms with E-state index < -0.39 is 17.5 Å². The van der Waals surface area contributed by atoms with Gasteiger partial charge in [0.1, 0.15) is 5.60 Å². The van der Waals surface area contributed by atoms with E-state index in [1.807, 2.05) is 0 Å². The Morgan fingerprint density at radius 2 is 1.96 bits per heavy atom. The number of carbonyl (C=O) groups is 1. The number of anilines is 1.